The van der Waals surface area contributed by atoms with Gasteiger partial charge in [0.25, 0.3) is 0 Å². The fourth-order valence-corrected chi connectivity index (χ4v) is 7.84. The van der Waals surface area contributed by atoms with Gasteiger partial charge in [-0.15, -0.1) is 0 Å². The van der Waals surface area contributed by atoms with Crippen LogP contribution in [0.1, 0.15) is 104 Å². The largest absolute Gasteiger partial charge is 0.407 e. The maximum atomic E-state index is 6.92. The normalized spacial score (nSPS) is 12.7. The second-order valence-corrected chi connectivity index (χ2v) is 12.4. The first-order chi connectivity index (χ1) is 16.2. The highest BCUT2D eigenvalue weighted by molar-refractivity contribution is 6.92. The Morgan fingerprint density at radius 3 is 1.55 bits per heavy atom. The molecule has 0 aliphatic heterocycles. The molecule has 184 valence electrons. The van der Waals surface area contributed by atoms with Crippen LogP contribution >= 0.6 is 0 Å². The zero-order chi connectivity index (χ0) is 23.6. The molecule has 0 aromatic heterocycles. The topological polar surface area (TPSA) is 18.5 Å². The van der Waals surface area contributed by atoms with Crippen LogP contribution in [-0.4, -0.2) is 21.3 Å². The third kappa shape index (κ3) is 10.2. The van der Waals surface area contributed by atoms with Crippen molar-refractivity contribution in [1.82, 2.24) is 0 Å². The molecule has 33 heavy (non-hydrogen) atoms. The lowest BCUT2D eigenvalue weighted by Gasteiger charge is -2.34. The molecule has 3 heteroatoms. The summed E-state index contributed by atoms with van der Waals surface area (Å²) < 4.78 is 13.8. The van der Waals surface area contributed by atoms with Crippen molar-refractivity contribution in [3.8, 4) is 0 Å². The molecule has 0 saturated carbocycles. The minimum absolute atomic E-state index is 0.185. The van der Waals surface area contributed by atoms with Crippen molar-refractivity contribution in [2.45, 2.75) is 110 Å². The monoisotopic (exact) mass is 468 g/mol. The Bertz CT molecular complexity index is 664. The van der Waals surface area contributed by atoms with Gasteiger partial charge in [-0.2, -0.15) is 0 Å². The van der Waals surface area contributed by atoms with E-state index >= 15 is 0 Å². The van der Waals surface area contributed by atoms with Crippen molar-refractivity contribution in [2.24, 2.45) is 0 Å². The van der Waals surface area contributed by atoms with E-state index < -0.39 is 8.56 Å². The van der Waals surface area contributed by atoms with Crippen molar-refractivity contribution in [2.75, 3.05) is 6.61 Å². The van der Waals surface area contributed by atoms with E-state index in [9.17, 15) is 0 Å². The lowest BCUT2D eigenvalue weighted by molar-refractivity contribution is 0.132. The Morgan fingerprint density at radius 2 is 1.06 bits per heavy atom. The molecule has 0 aliphatic rings. The van der Waals surface area contributed by atoms with E-state index in [1.54, 1.807) is 0 Å². The number of rotatable bonds is 19. The second kappa shape index (κ2) is 17.1. The van der Waals surface area contributed by atoms with Crippen LogP contribution in [-0.2, 0) is 8.85 Å². The third-order valence-corrected chi connectivity index (χ3v) is 9.97. The SMILES string of the molecule is CCCCCCCCCCCCO[Si](OC(C)CCCC)(c1ccccc1)c1ccccc1. The van der Waals surface area contributed by atoms with Gasteiger partial charge in [0.1, 0.15) is 0 Å². The molecule has 0 spiro atoms. The van der Waals surface area contributed by atoms with Gasteiger partial charge in [-0.25, -0.2) is 0 Å². The minimum atomic E-state index is -2.75. The van der Waals surface area contributed by atoms with Crippen molar-refractivity contribution < 1.29 is 8.85 Å². The lowest BCUT2D eigenvalue weighted by Crippen LogP contribution is -2.64. The summed E-state index contributed by atoms with van der Waals surface area (Å²) in [5.74, 6) is 0. The van der Waals surface area contributed by atoms with Crippen LogP contribution in [0.5, 0.6) is 0 Å². The van der Waals surface area contributed by atoms with Gasteiger partial charge in [0, 0.05) is 12.7 Å². The molecule has 1 atom stereocenters. The van der Waals surface area contributed by atoms with Gasteiger partial charge in [0.15, 0.2) is 0 Å². The van der Waals surface area contributed by atoms with Gasteiger partial charge in [-0.3, -0.25) is 0 Å². The number of unbranched alkanes of at least 4 members (excludes halogenated alkanes) is 10. The van der Waals surface area contributed by atoms with Gasteiger partial charge in [-0.05, 0) is 30.1 Å². The molecular formula is C30H48O2Si. The fourth-order valence-electron chi connectivity index (χ4n) is 4.46. The van der Waals surface area contributed by atoms with Crippen molar-refractivity contribution in [1.29, 1.82) is 0 Å². The number of benzene rings is 2. The van der Waals surface area contributed by atoms with Crippen molar-refractivity contribution in [3.05, 3.63) is 60.7 Å². The maximum Gasteiger partial charge on any atom is 0.407 e. The highest BCUT2D eigenvalue weighted by Crippen LogP contribution is 2.17. The van der Waals surface area contributed by atoms with Crippen LogP contribution in [0.2, 0.25) is 0 Å². The molecule has 2 aromatic carbocycles. The second-order valence-electron chi connectivity index (χ2n) is 9.45. The van der Waals surface area contributed by atoms with Crippen LogP contribution < -0.4 is 10.4 Å². The van der Waals surface area contributed by atoms with Gasteiger partial charge < -0.3 is 8.85 Å². The molecule has 2 rings (SSSR count). The predicted octanol–water partition coefficient (Wildman–Crippen LogP) is 7.78. The standard InChI is InChI=1S/C30H48O2Si/c1-4-6-8-9-10-11-12-13-14-21-27-31-33(29-23-17-15-18-24-29,30-25-19-16-20-26-30)32-28(3)22-7-5-2/h15-20,23-26,28H,4-14,21-22,27H2,1-3H3. The number of hydrogen-bond donors (Lipinski definition) is 0. The summed E-state index contributed by atoms with van der Waals surface area (Å²) in [7, 11) is -2.75. The highest BCUT2D eigenvalue weighted by atomic mass is 28.4. The zero-order valence-electron chi connectivity index (χ0n) is 21.6. The number of hydrogen-bond acceptors (Lipinski definition) is 2. The van der Waals surface area contributed by atoms with E-state index in [0.717, 1.165) is 19.4 Å². The van der Waals surface area contributed by atoms with E-state index in [1.807, 2.05) is 0 Å². The van der Waals surface area contributed by atoms with E-state index in [4.69, 9.17) is 8.85 Å². The summed E-state index contributed by atoms with van der Waals surface area (Å²) in [6.45, 7) is 7.51. The van der Waals surface area contributed by atoms with Gasteiger partial charge >= 0.3 is 8.56 Å². The molecule has 0 radical (unpaired) electrons. The van der Waals surface area contributed by atoms with Crippen molar-refractivity contribution in [3.63, 3.8) is 0 Å². The average Bonchev–Trinajstić information content (AvgIpc) is 2.86. The Hall–Kier alpha value is -1.42. The Kier molecular flexibility index (Phi) is 14.4. The lowest BCUT2D eigenvalue weighted by atomic mass is 10.1. The molecule has 0 amide bonds. The van der Waals surface area contributed by atoms with Crippen LogP contribution in [0.15, 0.2) is 60.7 Å². The molecule has 0 heterocycles. The zero-order valence-corrected chi connectivity index (χ0v) is 22.6. The molecular weight excluding hydrogens is 420 g/mol. The van der Waals surface area contributed by atoms with E-state index in [1.165, 1.54) is 81.0 Å². The fraction of sp³-hybridized carbons (Fsp3) is 0.600. The molecule has 0 aliphatic carbocycles. The smallest absolute Gasteiger partial charge is 0.388 e. The molecule has 1 unspecified atom stereocenters. The highest BCUT2D eigenvalue weighted by Gasteiger charge is 2.43. The molecule has 2 nitrogen and oxygen atoms in total. The molecule has 2 aromatic rings. The van der Waals surface area contributed by atoms with Gasteiger partial charge in [0.05, 0.1) is 0 Å². The first kappa shape index (κ1) is 27.8. The first-order valence-electron chi connectivity index (χ1n) is 13.7. The minimum Gasteiger partial charge on any atom is -0.388 e. The Morgan fingerprint density at radius 1 is 0.606 bits per heavy atom. The molecule has 0 N–H and O–H groups in total. The summed E-state index contributed by atoms with van der Waals surface area (Å²) in [4.78, 5) is 0. The van der Waals surface area contributed by atoms with Gasteiger partial charge in [-0.1, -0.05) is 145 Å². The molecule has 0 fully saturated rings. The van der Waals surface area contributed by atoms with E-state index in [2.05, 4.69) is 81.4 Å². The summed E-state index contributed by atoms with van der Waals surface area (Å²) >= 11 is 0. The van der Waals surface area contributed by atoms with Crippen LogP contribution in [0, 0.1) is 0 Å². The van der Waals surface area contributed by atoms with Crippen LogP contribution in [0.4, 0.5) is 0 Å². The predicted molar refractivity (Wildman–Crippen MR) is 146 cm³/mol. The summed E-state index contributed by atoms with van der Waals surface area (Å²) in [6, 6.07) is 21.4. The quantitative estimate of drug-likeness (QED) is 0.155. The molecule has 0 saturated heterocycles. The van der Waals surface area contributed by atoms with Crippen LogP contribution in [0.3, 0.4) is 0 Å². The Labute approximate surface area is 205 Å². The average molecular weight is 469 g/mol. The van der Waals surface area contributed by atoms with Gasteiger partial charge in [0.2, 0.25) is 0 Å². The van der Waals surface area contributed by atoms with E-state index in [0.29, 0.717) is 0 Å². The Balaban J connectivity index is 1.98. The third-order valence-electron chi connectivity index (χ3n) is 6.44. The van der Waals surface area contributed by atoms with Crippen LogP contribution in [0.25, 0.3) is 0 Å². The van der Waals surface area contributed by atoms with E-state index in [-0.39, 0.29) is 6.10 Å². The van der Waals surface area contributed by atoms with Crippen molar-refractivity contribution >= 4 is 18.9 Å². The maximum absolute atomic E-state index is 6.92. The summed E-state index contributed by atoms with van der Waals surface area (Å²) in [5, 5.41) is 2.43. The first-order valence-corrected chi connectivity index (χ1v) is 15.5. The summed E-state index contributed by atoms with van der Waals surface area (Å²) in [5.41, 5.74) is 0. The summed E-state index contributed by atoms with van der Waals surface area (Å²) in [6.07, 6.45) is 17.0. The molecule has 0 bridgehead atoms.